The van der Waals surface area contributed by atoms with Crippen molar-refractivity contribution in [2.45, 2.75) is 25.5 Å². The van der Waals surface area contributed by atoms with Crippen LogP contribution in [0.2, 0.25) is 0 Å². The molecule has 0 rings (SSSR count). The van der Waals surface area contributed by atoms with Crippen molar-refractivity contribution in [2.75, 3.05) is 27.3 Å². The van der Waals surface area contributed by atoms with Crippen LogP contribution in [0.4, 0.5) is 4.79 Å². The van der Waals surface area contributed by atoms with Crippen LogP contribution in [0.3, 0.4) is 0 Å². The predicted molar refractivity (Wildman–Crippen MR) is 60.8 cm³/mol. The third-order valence-electron chi connectivity index (χ3n) is 2.16. The summed E-state index contributed by atoms with van der Waals surface area (Å²) in [6.07, 6.45) is -0.0640. The fourth-order valence-corrected chi connectivity index (χ4v) is 1.08. The van der Waals surface area contributed by atoms with Crippen molar-refractivity contribution in [1.82, 2.24) is 10.2 Å². The number of ether oxygens (including phenoxy) is 1. The normalized spacial score (nSPS) is 13.9. The van der Waals surface area contributed by atoms with E-state index in [4.69, 9.17) is 14.9 Å². The molecule has 0 aromatic rings. The number of methoxy groups -OCH3 is 1. The van der Waals surface area contributed by atoms with Crippen LogP contribution in [0, 0.1) is 0 Å². The topological polar surface area (TPSA) is 99.1 Å². The molecular formula is C10H20N2O5. The van der Waals surface area contributed by atoms with Gasteiger partial charge in [0.15, 0.2) is 6.04 Å². The Kier molecular flexibility index (Phi) is 7.24. The summed E-state index contributed by atoms with van der Waals surface area (Å²) in [5.74, 6) is -1.15. The van der Waals surface area contributed by atoms with Gasteiger partial charge in [0.2, 0.25) is 0 Å². The molecule has 2 amide bonds. The second kappa shape index (κ2) is 7.86. The zero-order valence-electron chi connectivity index (χ0n) is 10.3. The third kappa shape index (κ3) is 6.75. The Morgan fingerprint density at radius 3 is 2.47 bits per heavy atom. The van der Waals surface area contributed by atoms with Crippen LogP contribution in [0.5, 0.6) is 0 Å². The number of hydrogen-bond acceptors (Lipinski definition) is 4. The Bertz CT molecular complexity index is 257. The molecule has 0 spiro atoms. The molecule has 0 bridgehead atoms. The molecule has 0 fully saturated rings. The van der Waals surface area contributed by atoms with Crippen molar-refractivity contribution in [2.24, 2.45) is 0 Å². The quantitative estimate of drug-likeness (QED) is 0.564. The number of urea groups is 1. The minimum Gasteiger partial charge on any atom is -0.480 e. The summed E-state index contributed by atoms with van der Waals surface area (Å²) in [5, 5.41) is 20.2. The van der Waals surface area contributed by atoms with Crippen molar-refractivity contribution in [3.05, 3.63) is 0 Å². The van der Waals surface area contributed by atoms with E-state index in [-0.39, 0.29) is 6.61 Å². The first-order valence-corrected chi connectivity index (χ1v) is 5.30. The lowest BCUT2D eigenvalue weighted by molar-refractivity contribution is -0.140. The molecule has 0 saturated carbocycles. The van der Waals surface area contributed by atoms with E-state index in [1.54, 1.807) is 6.92 Å². The Labute approximate surface area is 100 Å². The highest BCUT2D eigenvalue weighted by Crippen LogP contribution is 1.95. The highest BCUT2D eigenvalue weighted by Gasteiger charge is 2.21. The van der Waals surface area contributed by atoms with Gasteiger partial charge in [-0.3, -0.25) is 0 Å². The van der Waals surface area contributed by atoms with Crippen LogP contribution in [0.25, 0.3) is 0 Å². The first-order valence-electron chi connectivity index (χ1n) is 5.30. The summed E-state index contributed by atoms with van der Waals surface area (Å²) in [4.78, 5) is 23.6. The molecule has 0 aromatic carbocycles. The average molecular weight is 248 g/mol. The van der Waals surface area contributed by atoms with Crippen molar-refractivity contribution in [3.63, 3.8) is 0 Å². The van der Waals surface area contributed by atoms with Gasteiger partial charge in [0, 0.05) is 20.7 Å². The largest absolute Gasteiger partial charge is 0.480 e. The van der Waals surface area contributed by atoms with E-state index in [1.165, 1.54) is 19.1 Å². The van der Waals surface area contributed by atoms with E-state index in [0.717, 1.165) is 0 Å². The number of carboxylic acid groups (broad SMARTS) is 1. The molecule has 7 heteroatoms. The molecular weight excluding hydrogens is 228 g/mol. The molecule has 7 nitrogen and oxygen atoms in total. The predicted octanol–water partition coefficient (Wildman–Crippen LogP) is -0.502. The van der Waals surface area contributed by atoms with Gasteiger partial charge >= 0.3 is 12.0 Å². The van der Waals surface area contributed by atoms with Crippen LogP contribution < -0.4 is 5.32 Å². The minimum atomic E-state index is -1.15. The maximum absolute atomic E-state index is 11.6. The van der Waals surface area contributed by atoms with E-state index in [1.807, 2.05) is 0 Å². The third-order valence-corrected chi connectivity index (χ3v) is 2.16. The molecule has 2 atom stereocenters. The van der Waals surface area contributed by atoms with Gasteiger partial charge in [0.05, 0.1) is 12.7 Å². The van der Waals surface area contributed by atoms with Crippen molar-refractivity contribution >= 4 is 12.0 Å². The van der Waals surface area contributed by atoms with Crippen LogP contribution >= 0.6 is 0 Å². The molecule has 0 aliphatic carbocycles. The standard InChI is InChI=1S/C10H20N2O5/c1-7(13)4-5-12(2)10(16)11-8(6-17-3)9(14)15/h7-8,13H,4-6H2,1-3H3,(H,11,16)(H,14,15). The monoisotopic (exact) mass is 248 g/mol. The van der Waals surface area contributed by atoms with Gasteiger partial charge in [-0.2, -0.15) is 0 Å². The van der Waals surface area contributed by atoms with Gasteiger partial charge in [-0.15, -0.1) is 0 Å². The highest BCUT2D eigenvalue weighted by atomic mass is 16.5. The lowest BCUT2D eigenvalue weighted by Crippen LogP contribution is -2.49. The molecule has 3 N–H and O–H groups in total. The van der Waals surface area contributed by atoms with Crippen LogP contribution in [0.1, 0.15) is 13.3 Å². The number of amides is 2. The van der Waals surface area contributed by atoms with Crippen molar-refractivity contribution in [3.8, 4) is 0 Å². The number of hydrogen-bond donors (Lipinski definition) is 3. The van der Waals surface area contributed by atoms with E-state index in [0.29, 0.717) is 13.0 Å². The number of carbonyl (C=O) groups excluding carboxylic acids is 1. The number of aliphatic carboxylic acids is 1. The molecule has 2 unspecified atom stereocenters. The molecule has 0 aliphatic rings. The second-order valence-electron chi connectivity index (χ2n) is 3.85. The van der Waals surface area contributed by atoms with Gasteiger partial charge in [0.1, 0.15) is 0 Å². The van der Waals surface area contributed by atoms with Crippen LogP contribution in [0.15, 0.2) is 0 Å². The summed E-state index contributed by atoms with van der Waals surface area (Å²) in [6, 6.07) is -1.57. The number of nitrogens with zero attached hydrogens (tertiary/aromatic N) is 1. The lowest BCUT2D eigenvalue weighted by Gasteiger charge is -2.21. The lowest BCUT2D eigenvalue weighted by atomic mass is 10.3. The summed E-state index contributed by atoms with van der Waals surface area (Å²) >= 11 is 0. The maximum Gasteiger partial charge on any atom is 0.328 e. The molecule has 0 radical (unpaired) electrons. The zero-order chi connectivity index (χ0) is 13.4. The van der Waals surface area contributed by atoms with Crippen molar-refractivity contribution < 1.29 is 24.5 Å². The first kappa shape index (κ1) is 15.7. The number of aliphatic hydroxyl groups excluding tert-OH is 1. The Balaban J connectivity index is 4.15. The fraction of sp³-hybridized carbons (Fsp3) is 0.800. The summed E-state index contributed by atoms with van der Waals surface area (Å²) in [5.41, 5.74) is 0. The highest BCUT2D eigenvalue weighted by molar-refractivity contribution is 5.82. The smallest absolute Gasteiger partial charge is 0.328 e. The second-order valence-corrected chi connectivity index (χ2v) is 3.85. The van der Waals surface area contributed by atoms with Crippen LogP contribution in [-0.4, -0.2) is 66.6 Å². The molecule has 0 aromatic heterocycles. The fourth-order valence-electron chi connectivity index (χ4n) is 1.08. The zero-order valence-corrected chi connectivity index (χ0v) is 10.3. The van der Waals surface area contributed by atoms with E-state index in [2.05, 4.69) is 5.32 Å². The Morgan fingerprint density at radius 1 is 1.47 bits per heavy atom. The number of rotatable bonds is 7. The maximum atomic E-state index is 11.6. The van der Waals surface area contributed by atoms with E-state index >= 15 is 0 Å². The van der Waals surface area contributed by atoms with E-state index in [9.17, 15) is 9.59 Å². The number of aliphatic hydroxyl groups is 1. The number of carboxylic acids is 1. The van der Waals surface area contributed by atoms with Gasteiger partial charge < -0.3 is 25.2 Å². The van der Waals surface area contributed by atoms with Gasteiger partial charge in [-0.25, -0.2) is 9.59 Å². The average Bonchev–Trinajstić information content (AvgIpc) is 2.24. The van der Waals surface area contributed by atoms with Gasteiger partial charge in [-0.1, -0.05) is 0 Å². The molecule has 0 saturated heterocycles. The van der Waals surface area contributed by atoms with Gasteiger partial charge in [0.25, 0.3) is 0 Å². The first-order chi connectivity index (χ1) is 7.88. The molecule has 17 heavy (non-hydrogen) atoms. The van der Waals surface area contributed by atoms with Crippen LogP contribution in [-0.2, 0) is 9.53 Å². The summed E-state index contributed by atoms with van der Waals surface area (Å²) in [6.45, 7) is 1.88. The Morgan fingerprint density at radius 2 is 2.06 bits per heavy atom. The SMILES string of the molecule is COCC(NC(=O)N(C)CCC(C)O)C(=O)O. The molecule has 100 valence electrons. The number of carbonyl (C=O) groups is 2. The minimum absolute atomic E-state index is 0.0919. The van der Waals surface area contributed by atoms with Gasteiger partial charge in [-0.05, 0) is 13.3 Å². The van der Waals surface area contributed by atoms with Crippen molar-refractivity contribution in [1.29, 1.82) is 0 Å². The van der Waals surface area contributed by atoms with E-state index < -0.39 is 24.1 Å². The summed E-state index contributed by atoms with van der Waals surface area (Å²) < 4.78 is 4.69. The number of nitrogens with one attached hydrogen (secondary N) is 1. The molecule has 0 aliphatic heterocycles. The summed E-state index contributed by atoms with van der Waals surface area (Å²) in [7, 11) is 2.89. The Hall–Kier alpha value is -1.34. The molecule has 0 heterocycles.